The van der Waals surface area contributed by atoms with Crippen LogP contribution in [0.15, 0.2) is 60.9 Å². The van der Waals surface area contributed by atoms with Crippen molar-refractivity contribution in [3.05, 3.63) is 71.0 Å². The van der Waals surface area contributed by atoms with Crippen molar-refractivity contribution in [3.8, 4) is 34.5 Å². The van der Waals surface area contributed by atoms with Crippen LogP contribution in [0.5, 0.6) is 17.5 Å². The molecule has 11 nitrogen and oxygen atoms in total. The van der Waals surface area contributed by atoms with Crippen LogP contribution in [0.25, 0.3) is 16.9 Å². The van der Waals surface area contributed by atoms with Crippen LogP contribution in [-0.4, -0.2) is 49.5 Å². The minimum Gasteiger partial charge on any atom is -0.491 e. The Morgan fingerprint density at radius 1 is 1.08 bits per heavy atom. The van der Waals surface area contributed by atoms with Gasteiger partial charge in [0.15, 0.2) is 0 Å². The summed E-state index contributed by atoms with van der Waals surface area (Å²) in [4.78, 5) is 14.1. The van der Waals surface area contributed by atoms with E-state index in [4.69, 9.17) is 9.47 Å². The number of aryl methyl sites for hydroxylation is 1. The zero-order valence-corrected chi connectivity index (χ0v) is 18.8. The number of para-hydroxylation sites is 2. The molecule has 0 radical (unpaired) electrons. The third-order valence-electron chi connectivity index (χ3n) is 4.89. The highest BCUT2D eigenvalue weighted by Crippen LogP contribution is 2.27. The molecular weight excluding hydrogens is 485 g/mol. The fourth-order valence-corrected chi connectivity index (χ4v) is 3.32. The first-order chi connectivity index (χ1) is 17.2. The van der Waals surface area contributed by atoms with Gasteiger partial charge in [-0.1, -0.05) is 17.3 Å². The van der Waals surface area contributed by atoms with E-state index >= 15 is 0 Å². The topological polar surface area (TPSA) is 119 Å². The molecule has 36 heavy (non-hydrogen) atoms. The van der Waals surface area contributed by atoms with Gasteiger partial charge >= 0.3 is 18.2 Å². The first kappa shape index (κ1) is 24.5. The largest absolute Gasteiger partial charge is 0.573 e. The SMILES string of the molecule is COc1nc([N+](=O)[O-])cn1CCCOc1ccccc1-n1cc(-c2ccc(OC(F)(F)F)cc2)nn1. The van der Waals surface area contributed by atoms with Gasteiger partial charge in [-0.25, -0.2) is 4.68 Å². The Labute approximate surface area is 201 Å². The summed E-state index contributed by atoms with van der Waals surface area (Å²) in [6.45, 7) is 0.669. The van der Waals surface area contributed by atoms with Crippen LogP contribution in [0.4, 0.5) is 19.0 Å². The number of halogens is 3. The van der Waals surface area contributed by atoms with Gasteiger partial charge in [0.05, 0.1) is 19.9 Å². The van der Waals surface area contributed by atoms with Crippen LogP contribution in [-0.2, 0) is 6.54 Å². The van der Waals surface area contributed by atoms with E-state index in [0.29, 0.717) is 35.7 Å². The van der Waals surface area contributed by atoms with Crippen LogP contribution < -0.4 is 14.2 Å². The molecule has 0 atom stereocenters. The summed E-state index contributed by atoms with van der Waals surface area (Å²) in [5.74, 6) is -0.116. The summed E-state index contributed by atoms with van der Waals surface area (Å²) in [5, 5.41) is 19.1. The molecule has 0 N–H and O–H groups in total. The first-order valence-corrected chi connectivity index (χ1v) is 10.5. The minimum atomic E-state index is -4.77. The molecule has 0 aliphatic carbocycles. The van der Waals surface area contributed by atoms with Crippen LogP contribution in [0.3, 0.4) is 0 Å². The summed E-state index contributed by atoms with van der Waals surface area (Å²) >= 11 is 0. The number of benzene rings is 2. The predicted octanol–water partition coefficient (Wildman–Crippen LogP) is 4.42. The highest BCUT2D eigenvalue weighted by Gasteiger charge is 2.31. The summed E-state index contributed by atoms with van der Waals surface area (Å²) in [6, 6.07) is 12.5. The fourth-order valence-electron chi connectivity index (χ4n) is 3.32. The van der Waals surface area contributed by atoms with E-state index in [2.05, 4.69) is 20.0 Å². The Bertz CT molecular complexity index is 1340. The second-order valence-electron chi connectivity index (χ2n) is 7.33. The van der Waals surface area contributed by atoms with Crippen molar-refractivity contribution in [1.29, 1.82) is 0 Å². The Kier molecular flexibility index (Phi) is 7.03. The van der Waals surface area contributed by atoms with E-state index in [-0.39, 0.29) is 24.2 Å². The Balaban J connectivity index is 1.41. The third kappa shape index (κ3) is 5.89. The van der Waals surface area contributed by atoms with Gasteiger partial charge in [-0.3, -0.25) is 4.57 Å². The van der Waals surface area contributed by atoms with E-state index in [0.717, 1.165) is 0 Å². The molecule has 0 spiro atoms. The molecule has 0 fully saturated rings. The lowest BCUT2D eigenvalue weighted by Gasteiger charge is -2.11. The maximum atomic E-state index is 12.4. The molecule has 14 heteroatoms. The number of hydrogen-bond donors (Lipinski definition) is 0. The molecule has 0 aliphatic rings. The molecule has 2 aromatic carbocycles. The van der Waals surface area contributed by atoms with E-state index in [9.17, 15) is 23.3 Å². The molecule has 0 aliphatic heterocycles. The standard InChI is InChI=1S/C22H19F3N6O5/c1-34-21-26-20(31(32)33)14-29(21)11-4-12-35-19-6-3-2-5-18(19)30-13-17(27-28-30)15-7-9-16(10-8-15)36-22(23,24)25/h2-3,5-10,13-14H,4,11-12H2,1H3. The highest BCUT2D eigenvalue weighted by atomic mass is 19.4. The highest BCUT2D eigenvalue weighted by molar-refractivity contribution is 5.60. The van der Waals surface area contributed by atoms with E-state index in [1.165, 1.54) is 46.8 Å². The molecule has 0 unspecified atom stereocenters. The molecule has 0 amide bonds. The molecule has 0 saturated carbocycles. The number of ether oxygens (including phenoxy) is 3. The average molecular weight is 504 g/mol. The van der Waals surface area contributed by atoms with Crippen molar-refractivity contribution in [2.75, 3.05) is 13.7 Å². The van der Waals surface area contributed by atoms with Crippen molar-refractivity contribution < 1.29 is 32.3 Å². The van der Waals surface area contributed by atoms with Gasteiger partial charge in [-0.15, -0.1) is 18.3 Å². The number of aromatic nitrogens is 5. The van der Waals surface area contributed by atoms with E-state index in [1.54, 1.807) is 30.5 Å². The van der Waals surface area contributed by atoms with Crippen LogP contribution in [0.1, 0.15) is 6.42 Å². The molecule has 2 aromatic heterocycles. The Morgan fingerprint density at radius 2 is 1.83 bits per heavy atom. The monoisotopic (exact) mass is 504 g/mol. The van der Waals surface area contributed by atoms with Crippen molar-refractivity contribution in [2.45, 2.75) is 19.3 Å². The lowest BCUT2D eigenvalue weighted by Crippen LogP contribution is -2.16. The number of alkyl halides is 3. The van der Waals surface area contributed by atoms with Gasteiger partial charge in [0, 0.05) is 17.1 Å². The Hall–Kier alpha value is -4.62. The van der Waals surface area contributed by atoms with E-state index < -0.39 is 11.3 Å². The normalized spacial score (nSPS) is 11.3. The lowest BCUT2D eigenvalue weighted by molar-refractivity contribution is -0.389. The van der Waals surface area contributed by atoms with E-state index in [1.807, 2.05) is 0 Å². The summed E-state index contributed by atoms with van der Waals surface area (Å²) in [5.41, 5.74) is 1.60. The maximum Gasteiger partial charge on any atom is 0.573 e. The molecule has 0 bridgehead atoms. The van der Waals surface area contributed by atoms with Crippen molar-refractivity contribution in [1.82, 2.24) is 24.5 Å². The van der Waals surface area contributed by atoms with Crippen LogP contribution >= 0.6 is 0 Å². The zero-order valence-electron chi connectivity index (χ0n) is 18.8. The zero-order chi connectivity index (χ0) is 25.7. The molecule has 4 aromatic rings. The number of nitrogens with zero attached hydrogens (tertiary/aromatic N) is 6. The molecule has 4 rings (SSSR count). The number of nitro groups is 1. The average Bonchev–Trinajstić information content (AvgIpc) is 3.49. The maximum absolute atomic E-state index is 12.4. The van der Waals surface area contributed by atoms with Gasteiger partial charge in [0.2, 0.25) is 0 Å². The summed E-state index contributed by atoms with van der Waals surface area (Å²) in [7, 11) is 1.38. The van der Waals surface area contributed by atoms with Crippen molar-refractivity contribution in [2.24, 2.45) is 0 Å². The fraction of sp³-hybridized carbons (Fsp3) is 0.227. The molecular formula is C22H19F3N6O5. The second-order valence-corrected chi connectivity index (χ2v) is 7.33. The van der Waals surface area contributed by atoms with Crippen LogP contribution in [0.2, 0.25) is 0 Å². The first-order valence-electron chi connectivity index (χ1n) is 10.5. The number of methoxy groups -OCH3 is 1. The summed E-state index contributed by atoms with van der Waals surface area (Å²) < 4.78 is 55.0. The molecule has 0 saturated heterocycles. The van der Waals surface area contributed by atoms with Gasteiger partial charge in [0.25, 0.3) is 0 Å². The van der Waals surface area contributed by atoms with Crippen LogP contribution in [0, 0.1) is 10.1 Å². The van der Waals surface area contributed by atoms with Gasteiger partial charge < -0.3 is 24.3 Å². The minimum absolute atomic E-state index is 0.134. The van der Waals surface area contributed by atoms with Crippen molar-refractivity contribution >= 4 is 5.82 Å². The summed E-state index contributed by atoms with van der Waals surface area (Å²) in [6.07, 6.45) is -1.34. The smallest absolute Gasteiger partial charge is 0.491 e. The number of rotatable bonds is 10. The van der Waals surface area contributed by atoms with Crippen molar-refractivity contribution in [3.63, 3.8) is 0 Å². The third-order valence-corrected chi connectivity index (χ3v) is 4.89. The second kappa shape index (κ2) is 10.3. The molecule has 2 heterocycles. The molecule has 188 valence electrons. The van der Waals surface area contributed by atoms with Gasteiger partial charge in [0.1, 0.15) is 29.1 Å². The van der Waals surface area contributed by atoms with Gasteiger partial charge in [-0.2, -0.15) is 0 Å². The number of hydrogen-bond acceptors (Lipinski definition) is 8. The Morgan fingerprint density at radius 3 is 2.53 bits per heavy atom. The van der Waals surface area contributed by atoms with Gasteiger partial charge in [-0.05, 0) is 47.7 Å². The predicted molar refractivity (Wildman–Crippen MR) is 119 cm³/mol. The lowest BCUT2D eigenvalue weighted by atomic mass is 10.1. The number of imidazole rings is 1. The quantitative estimate of drug-likeness (QED) is 0.177.